The molecule has 3 rings (SSSR count). The third-order valence-electron chi connectivity index (χ3n) is 3.91. The molecular weight excluding hydrogens is 254 g/mol. The van der Waals surface area contributed by atoms with Crippen LogP contribution in [0.5, 0.6) is 0 Å². The molecule has 0 unspecified atom stereocenters. The molecule has 0 aromatic heterocycles. The van der Waals surface area contributed by atoms with Gasteiger partial charge >= 0.3 is 0 Å². The molecule has 0 spiro atoms. The molecule has 0 saturated carbocycles. The smallest absolute Gasteiger partial charge is 0.0211 e. The topological polar surface area (TPSA) is 12.0 Å². The zero-order valence-electron chi connectivity index (χ0n) is 12.7. The van der Waals surface area contributed by atoms with Crippen molar-refractivity contribution in [2.24, 2.45) is 0 Å². The van der Waals surface area contributed by atoms with Gasteiger partial charge in [0, 0.05) is 6.54 Å². The van der Waals surface area contributed by atoms with Crippen LogP contribution < -0.4 is 5.32 Å². The van der Waals surface area contributed by atoms with E-state index >= 15 is 0 Å². The average Bonchev–Trinajstić information content (AvgIpc) is 2.53. The first kappa shape index (κ1) is 13.8. The molecule has 0 aliphatic carbocycles. The standard InChI is InChI=1S/C20H21N/c1-3-21-14-17-12-11-15(2)13-20(17)19-10-6-8-16-7-4-5-9-18(16)19/h4-13,21H,3,14H2,1-2H3. The molecule has 0 heterocycles. The minimum Gasteiger partial charge on any atom is -0.313 e. The SMILES string of the molecule is CCNCc1ccc(C)cc1-c1cccc2ccccc12. The lowest BCUT2D eigenvalue weighted by molar-refractivity contribution is 0.728. The second-order valence-electron chi connectivity index (χ2n) is 5.47. The van der Waals surface area contributed by atoms with E-state index in [1.807, 2.05) is 0 Å². The lowest BCUT2D eigenvalue weighted by atomic mass is 9.93. The molecule has 106 valence electrons. The van der Waals surface area contributed by atoms with Crippen molar-refractivity contribution in [1.82, 2.24) is 5.32 Å². The van der Waals surface area contributed by atoms with Crippen molar-refractivity contribution in [3.8, 4) is 11.1 Å². The third kappa shape index (κ3) is 2.84. The summed E-state index contributed by atoms with van der Waals surface area (Å²) in [5.74, 6) is 0. The summed E-state index contributed by atoms with van der Waals surface area (Å²) in [6.45, 7) is 6.20. The van der Waals surface area contributed by atoms with Crippen LogP contribution in [0, 0.1) is 6.92 Å². The molecule has 21 heavy (non-hydrogen) atoms. The maximum Gasteiger partial charge on any atom is 0.0211 e. The van der Waals surface area contributed by atoms with E-state index < -0.39 is 0 Å². The summed E-state index contributed by atoms with van der Waals surface area (Å²) in [6.07, 6.45) is 0. The van der Waals surface area contributed by atoms with Crippen molar-refractivity contribution < 1.29 is 0 Å². The van der Waals surface area contributed by atoms with E-state index in [9.17, 15) is 0 Å². The monoisotopic (exact) mass is 275 g/mol. The van der Waals surface area contributed by atoms with Crippen molar-refractivity contribution in [3.05, 3.63) is 71.8 Å². The Labute approximate surface area is 126 Å². The molecular formula is C20H21N. The van der Waals surface area contributed by atoms with Crippen molar-refractivity contribution in [2.75, 3.05) is 6.54 Å². The number of rotatable bonds is 4. The number of nitrogens with one attached hydrogen (secondary N) is 1. The Morgan fingerprint density at radius 3 is 2.52 bits per heavy atom. The summed E-state index contributed by atoms with van der Waals surface area (Å²) in [5, 5.41) is 6.06. The molecule has 3 aromatic rings. The summed E-state index contributed by atoms with van der Waals surface area (Å²) in [7, 11) is 0. The second kappa shape index (κ2) is 6.11. The summed E-state index contributed by atoms with van der Waals surface area (Å²) in [5.41, 5.74) is 5.33. The Kier molecular flexibility index (Phi) is 4.03. The van der Waals surface area contributed by atoms with Crippen molar-refractivity contribution in [2.45, 2.75) is 20.4 Å². The van der Waals surface area contributed by atoms with Gasteiger partial charge in [-0.15, -0.1) is 0 Å². The largest absolute Gasteiger partial charge is 0.313 e. The van der Waals surface area contributed by atoms with Crippen LogP contribution in [0.25, 0.3) is 21.9 Å². The second-order valence-corrected chi connectivity index (χ2v) is 5.47. The number of aryl methyl sites for hydroxylation is 1. The molecule has 0 saturated heterocycles. The lowest BCUT2D eigenvalue weighted by Gasteiger charge is -2.14. The number of fused-ring (bicyclic) bond motifs is 1. The summed E-state index contributed by atoms with van der Waals surface area (Å²) in [6, 6.07) is 21.9. The van der Waals surface area contributed by atoms with Gasteiger partial charge in [0.05, 0.1) is 0 Å². The van der Waals surface area contributed by atoms with E-state index in [1.165, 1.54) is 33.0 Å². The van der Waals surface area contributed by atoms with Crippen LogP contribution in [0.2, 0.25) is 0 Å². The Balaban J connectivity index is 2.19. The normalized spacial score (nSPS) is 11.0. The fraction of sp³-hybridized carbons (Fsp3) is 0.200. The first-order valence-corrected chi connectivity index (χ1v) is 7.58. The van der Waals surface area contributed by atoms with Crippen LogP contribution in [-0.4, -0.2) is 6.54 Å². The number of hydrogen-bond acceptors (Lipinski definition) is 1. The summed E-state index contributed by atoms with van der Waals surface area (Å²) in [4.78, 5) is 0. The van der Waals surface area contributed by atoms with Gasteiger partial charge in [-0.05, 0) is 40.9 Å². The number of benzene rings is 3. The van der Waals surface area contributed by atoms with Crippen LogP contribution in [-0.2, 0) is 6.54 Å². The minimum absolute atomic E-state index is 0.912. The molecule has 0 amide bonds. The van der Waals surface area contributed by atoms with Crippen molar-refractivity contribution in [3.63, 3.8) is 0 Å². The van der Waals surface area contributed by atoms with E-state index in [-0.39, 0.29) is 0 Å². The molecule has 1 N–H and O–H groups in total. The summed E-state index contributed by atoms with van der Waals surface area (Å²) < 4.78 is 0. The molecule has 0 aliphatic heterocycles. The average molecular weight is 275 g/mol. The van der Waals surface area contributed by atoms with Gasteiger partial charge in [0.1, 0.15) is 0 Å². The zero-order chi connectivity index (χ0) is 14.7. The zero-order valence-corrected chi connectivity index (χ0v) is 12.7. The molecule has 0 atom stereocenters. The van der Waals surface area contributed by atoms with Gasteiger partial charge in [-0.3, -0.25) is 0 Å². The quantitative estimate of drug-likeness (QED) is 0.712. The molecule has 3 aromatic carbocycles. The van der Waals surface area contributed by atoms with E-state index in [0.717, 1.165) is 13.1 Å². The van der Waals surface area contributed by atoms with E-state index in [2.05, 4.69) is 79.8 Å². The third-order valence-corrected chi connectivity index (χ3v) is 3.91. The van der Waals surface area contributed by atoms with Gasteiger partial charge in [0.15, 0.2) is 0 Å². The Hall–Kier alpha value is -2.12. The van der Waals surface area contributed by atoms with Crippen molar-refractivity contribution >= 4 is 10.8 Å². The highest BCUT2D eigenvalue weighted by Gasteiger charge is 2.08. The lowest BCUT2D eigenvalue weighted by Crippen LogP contribution is -2.12. The van der Waals surface area contributed by atoms with Crippen LogP contribution >= 0.6 is 0 Å². The molecule has 0 fully saturated rings. The Bertz CT molecular complexity index is 753. The first-order chi connectivity index (χ1) is 10.3. The van der Waals surface area contributed by atoms with Crippen molar-refractivity contribution in [1.29, 1.82) is 0 Å². The maximum absolute atomic E-state index is 3.44. The van der Waals surface area contributed by atoms with Gasteiger partial charge in [-0.1, -0.05) is 73.2 Å². The molecule has 0 radical (unpaired) electrons. The van der Waals surface area contributed by atoms with E-state index in [4.69, 9.17) is 0 Å². The van der Waals surface area contributed by atoms with Gasteiger partial charge < -0.3 is 5.32 Å². The Morgan fingerprint density at radius 1 is 0.857 bits per heavy atom. The fourth-order valence-electron chi connectivity index (χ4n) is 2.82. The maximum atomic E-state index is 3.44. The van der Waals surface area contributed by atoms with E-state index in [0.29, 0.717) is 0 Å². The highest BCUT2D eigenvalue weighted by molar-refractivity contribution is 5.97. The predicted octanol–water partition coefficient (Wildman–Crippen LogP) is 4.92. The van der Waals surface area contributed by atoms with Gasteiger partial charge in [0.25, 0.3) is 0 Å². The predicted molar refractivity (Wildman–Crippen MR) is 91.5 cm³/mol. The van der Waals surface area contributed by atoms with Crippen LogP contribution in [0.3, 0.4) is 0 Å². The molecule has 0 aliphatic rings. The fourth-order valence-corrected chi connectivity index (χ4v) is 2.82. The van der Waals surface area contributed by atoms with Crippen LogP contribution in [0.15, 0.2) is 60.7 Å². The first-order valence-electron chi connectivity index (χ1n) is 7.58. The highest BCUT2D eigenvalue weighted by Crippen LogP contribution is 2.31. The molecule has 1 heteroatoms. The van der Waals surface area contributed by atoms with Crippen LogP contribution in [0.1, 0.15) is 18.1 Å². The molecule has 1 nitrogen and oxygen atoms in total. The molecule has 0 bridgehead atoms. The number of hydrogen-bond donors (Lipinski definition) is 1. The van der Waals surface area contributed by atoms with E-state index in [1.54, 1.807) is 0 Å². The Morgan fingerprint density at radius 2 is 1.67 bits per heavy atom. The van der Waals surface area contributed by atoms with Gasteiger partial charge in [0.2, 0.25) is 0 Å². The van der Waals surface area contributed by atoms with Gasteiger partial charge in [-0.2, -0.15) is 0 Å². The van der Waals surface area contributed by atoms with Crippen LogP contribution in [0.4, 0.5) is 0 Å². The minimum atomic E-state index is 0.912. The highest BCUT2D eigenvalue weighted by atomic mass is 14.8. The summed E-state index contributed by atoms with van der Waals surface area (Å²) >= 11 is 0. The van der Waals surface area contributed by atoms with Gasteiger partial charge in [-0.25, -0.2) is 0 Å².